The van der Waals surface area contributed by atoms with E-state index in [1.54, 1.807) is 0 Å². The molecular weight excluding hydrogens is 687 g/mol. The summed E-state index contributed by atoms with van der Waals surface area (Å²) in [6, 6.07) is 61.0. The van der Waals surface area contributed by atoms with Gasteiger partial charge in [-0.15, -0.1) is 0 Å². The number of fused-ring (bicyclic) bond motifs is 10. The Bertz CT molecular complexity index is 3560. The van der Waals surface area contributed by atoms with Crippen molar-refractivity contribution in [2.45, 2.75) is 0 Å². The highest BCUT2D eigenvalue weighted by atomic mass is 16.3. The molecule has 0 aliphatic carbocycles. The highest BCUT2D eigenvalue weighted by Gasteiger charge is 2.22. The number of nitrogens with zero attached hydrogens (tertiary/aromatic N) is 3. The SMILES string of the molecule is c1ccc2cc(-c3nc(-c4cc5c(oc6cccc(-c7ccc8ccccc8c7)c65)c5ccccc45)nc(-c4cccc5oc6ccccc6c45)n3)ccc2c1. The van der Waals surface area contributed by atoms with Crippen molar-refractivity contribution in [3.63, 3.8) is 0 Å². The summed E-state index contributed by atoms with van der Waals surface area (Å²) in [6.45, 7) is 0. The summed E-state index contributed by atoms with van der Waals surface area (Å²) in [4.78, 5) is 15.9. The average molecular weight is 716 g/mol. The van der Waals surface area contributed by atoms with E-state index >= 15 is 0 Å². The van der Waals surface area contributed by atoms with Crippen LogP contribution in [0.3, 0.4) is 0 Å². The standard InChI is InChI=1S/C51H29N3O2/c1-3-13-32-27-34(25-23-30(32)11-1)36-18-9-22-45-46(36)42-29-41(37-15-5-6-16-38(37)48(42)56-45)51-53-49(35-26-24-31-12-2-4-14-33(31)28-35)52-50(54-51)40-19-10-21-44-47(40)39-17-7-8-20-43(39)55-44/h1-29H. The van der Waals surface area contributed by atoms with Gasteiger partial charge in [-0.1, -0.05) is 140 Å². The van der Waals surface area contributed by atoms with E-state index < -0.39 is 0 Å². The van der Waals surface area contributed by atoms with Crippen LogP contribution in [0.2, 0.25) is 0 Å². The summed E-state index contributed by atoms with van der Waals surface area (Å²) in [5.41, 5.74) is 8.23. The molecule has 0 aliphatic heterocycles. The van der Waals surface area contributed by atoms with Crippen LogP contribution in [0.1, 0.15) is 0 Å². The van der Waals surface area contributed by atoms with Gasteiger partial charge in [-0.3, -0.25) is 0 Å². The van der Waals surface area contributed by atoms with E-state index in [1.807, 2.05) is 30.3 Å². The number of para-hydroxylation sites is 1. The van der Waals surface area contributed by atoms with Gasteiger partial charge in [0, 0.05) is 43.6 Å². The van der Waals surface area contributed by atoms with Crippen molar-refractivity contribution in [2.75, 3.05) is 0 Å². The Labute approximate surface area is 320 Å². The first-order valence-corrected chi connectivity index (χ1v) is 18.8. The van der Waals surface area contributed by atoms with Crippen molar-refractivity contribution in [2.24, 2.45) is 0 Å². The molecule has 5 heteroatoms. The Morgan fingerprint density at radius 2 is 0.839 bits per heavy atom. The van der Waals surface area contributed by atoms with Crippen LogP contribution in [0.4, 0.5) is 0 Å². The van der Waals surface area contributed by atoms with Crippen LogP contribution in [-0.4, -0.2) is 15.0 Å². The van der Waals surface area contributed by atoms with Crippen molar-refractivity contribution in [3.8, 4) is 45.3 Å². The molecule has 0 amide bonds. The fourth-order valence-electron chi connectivity index (χ4n) is 8.47. The number of furan rings is 2. The Morgan fingerprint density at radius 3 is 1.61 bits per heavy atom. The molecule has 0 spiro atoms. The molecule has 0 aliphatic rings. The monoisotopic (exact) mass is 715 g/mol. The molecule has 9 aromatic carbocycles. The lowest BCUT2D eigenvalue weighted by atomic mass is 9.94. The van der Waals surface area contributed by atoms with Crippen molar-refractivity contribution in [3.05, 3.63) is 176 Å². The zero-order valence-electron chi connectivity index (χ0n) is 29.9. The zero-order valence-corrected chi connectivity index (χ0v) is 29.9. The average Bonchev–Trinajstić information content (AvgIpc) is 3.84. The molecule has 0 fully saturated rings. The number of rotatable bonds is 4. The molecule has 0 saturated heterocycles. The lowest BCUT2D eigenvalue weighted by molar-refractivity contribution is 0.669. The first kappa shape index (κ1) is 30.8. The third-order valence-electron chi connectivity index (χ3n) is 11.1. The van der Waals surface area contributed by atoms with Gasteiger partial charge in [0.15, 0.2) is 17.5 Å². The van der Waals surface area contributed by atoms with E-state index in [9.17, 15) is 0 Å². The zero-order chi connectivity index (χ0) is 36.7. The Kier molecular flexibility index (Phi) is 6.56. The molecule has 56 heavy (non-hydrogen) atoms. The molecule has 3 heterocycles. The summed E-state index contributed by atoms with van der Waals surface area (Å²) >= 11 is 0. The molecule has 0 unspecified atom stereocenters. The molecule has 12 aromatic rings. The van der Waals surface area contributed by atoms with Gasteiger partial charge in [0.05, 0.1) is 0 Å². The van der Waals surface area contributed by atoms with Crippen molar-refractivity contribution >= 4 is 76.2 Å². The molecule has 0 saturated carbocycles. The normalized spacial score (nSPS) is 11.9. The van der Waals surface area contributed by atoms with Gasteiger partial charge in [0.25, 0.3) is 0 Å². The lowest BCUT2D eigenvalue weighted by Gasteiger charge is -2.12. The summed E-state index contributed by atoms with van der Waals surface area (Å²) in [6.07, 6.45) is 0. The summed E-state index contributed by atoms with van der Waals surface area (Å²) in [7, 11) is 0. The highest BCUT2D eigenvalue weighted by Crippen LogP contribution is 2.44. The van der Waals surface area contributed by atoms with E-state index in [-0.39, 0.29) is 0 Å². The van der Waals surface area contributed by atoms with Crippen LogP contribution in [0.15, 0.2) is 185 Å². The molecule has 0 atom stereocenters. The van der Waals surface area contributed by atoms with E-state index in [0.717, 1.165) is 93.2 Å². The number of hydrogen-bond acceptors (Lipinski definition) is 5. The Hall–Kier alpha value is -7.63. The van der Waals surface area contributed by atoms with Gasteiger partial charge in [-0.2, -0.15) is 0 Å². The van der Waals surface area contributed by atoms with Crippen molar-refractivity contribution < 1.29 is 8.83 Å². The second-order valence-electron chi connectivity index (χ2n) is 14.3. The summed E-state index contributed by atoms with van der Waals surface area (Å²) in [5.74, 6) is 1.76. The van der Waals surface area contributed by atoms with Crippen LogP contribution in [0, 0.1) is 0 Å². The van der Waals surface area contributed by atoms with E-state index in [4.69, 9.17) is 23.8 Å². The van der Waals surface area contributed by atoms with Gasteiger partial charge in [0.1, 0.15) is 22.3 Å². The van der Waals surface area contributed by atoms with Gasteiger partial charge in [0.2, 0.25) is 0 Å². The van der Waals surface area contributed by atoms with Crippen LogP contribution in [0.25, 0.3) is 121 Å². The van der Waals surface area contributed by atoms with Crippen LogP contribution < -0.4 is 0 Å². The van der Waals surface area contributed by atoms with Gasteiger partial charge < -0.3 is 8.83 Å². The molecule has 0 radical (unpaired) electrons. The van der Waals surface area contributed by atoms with Gasteiger partial charge >= 0.3 is 0 Å². The molecule has 0 N–H and O–H groups in total. The first-order chi connectivity index (χ1) is 27.7. The van der Waals surface area contributed by atoms with E-state index in [0.29, 0.717) is 17.5 Å². The smallest absolute Gasteiger partial charge is 0.164 e. The number of benzene rings is 9. The quantitative estimate of drug-likeness (QED) is 0.181. The maximum Gasteiger partial charge on any atom is 0.164 e. The second kappa shape index (κ2) is 11.9. The van der Waals surface area contributed by atoms with Gasteiger partial charge in [-0.05, 0) is 74.5 Å². The van der Waals surface area contributed by atoms with Crippen LogP contribution in [0.5, 0.6) is 0 Å². The molecule has 3 aromatic heterocycles. The summed E-state index contributed by atoms with van der Waals surface area (Å²) < 4.78 is 13.1. The van der Waals surface area contributed by atoms with E-state index in [2.05, 4.69) is 146 Å². The lowest BCUT2D eigenvalue weighted by Crippen LogP contribution is -2.01. The maximum absolute atomic E-state index is 6.75. The molecule has 5 nitrogen and oxygen atoms in total. The molecule has 0 bridgehead atoms. The third kappa shape index (κ3) is 4.71. The first-order valence-electron chi connectivity index (χ1n) is 18.8. The fraction of sp³-hybridized carbons (Fsp3) is 0. The van der Waals surface area contributed by atoms with Crippen LogP contribution in [-0.2, 0) is 0 Å². The van der Waals surface area contributed by atoms with Crippen LogP contribution >= 0.6 is 0 Å². The summed E-state index contributed by atoms with van der Waals surface area (Å²) in [5, 5.41) is 10.7. The Balaban J connectivity index is 1.16. The third-order valence-corrected chi connectivity index (χ3v) is 11.1. The predicted molar refractivity (Wildman–Crippen MR) is 229 cm³/mol. The molecule has 260 valence electrons. The Morgan fingerprint density at radius 1 is 0.304 bits per heavy atom. The maximum atomic E-state index is 6.75. The van der Waals surface area contributed by atoms with Gasteiger partial charge in [-0.25, -0.2) is 15.0 Å². The largest absolute Gasteiger partial charge is 0.456 e. The molecule has 12 rings (SSSR count). The van der Waals surface area contributed by atoms with E-state index in [1.165, 1.54) is 10.8 Å². The minimum absolute atomic E-state index is 0.577. The molecular formula is C51H29N3O2. The van der Waals surface area contributed by atoms with Crippen molar-refractivity contribution in [1.82, 2.24) is 15.0 Å². The highest BCUT2D eigenvalue weighted by molar-refractivity contribution is 6.22. The topological polar surface area (TPSA) is 65.0 Å². The fourth-order valence-corrected chi connectivity index (χ4v) is 8.47. The predicted octanol–water partition coefficient (Wildman–Crippen LogP) is 13.8. The number of aromatic nitrogens is 3. The number of hydrogen-bond donors (Lipinski definition) is 0. The minimum Gasteiger partial charge on any atom is -0.456 e. The van der Waals surface area contributed by atoms with Crippen molar-refractivity contribution in [1.29, 1.82) is 0 Å². The second-order valence-corrected chi connectivity index (χ2v) is 14.3. The minimum atomic E-state index is 0.577.